The van der Waals surface area contributed by atoms with Gasteiger partial charge in [-0.25, -0.2) is 14.4 Å². The first-order valence-electron chi connectivity index (χ1n) is 18.2. The number of benzene rings is 4. The van der Waals surface area contributed by atoms with E-state index < -0.39 is 83.4 Å². The number of carbonyl (C=O) groups is 4. The molecule has 0 N–H and O–H groups in total. The fourth-order valence-electron chi connectivity index (χ4n) is 6.35. The number of hydrogen-bond acceptors (Lipinski definition) is 9. The van der Waals surface area contributed by atoms with E-state index in [2.05, 4.69) is 19.7 Å². The number of fused-ring (bicyclic) bond motifs is 3. The van der Waals surface area contributed by atoms with Gasteiger partial charge in [-0.3, -0.25) is 4.79 Å². The predicted octanol–water partition coefficient (Wildman–Crippen LogP) is 10.7. The molecule has 0 aliphatic heterocycles. The minimum Gasteiger partial charge on any atom is -0.461 e. The molecule has 1 aliphatic rings. The zero-order valence-electron chi connectivity index (χ0n) is 33.1. The predicted molar refractivity (Wildman–Crippen MR) is 210 cm³/mol. The van der Waals surface area contributed by atoms with Crippen molar-refractivity contribution in [2.75, 3.05) is 18.1 Å². The Balaban J connectivity index is 1.83. The molecule has 0 unspecified atom stereocenters. The van der Waals surface area contributed by atoms with Gasteiger partial charge in [0.05, 0.1) is 11.3 Å². The van der Waals surface area contributed by atoms with Gasteiger partial charge in [-0.15, -0.1) is 0 Å². The van der Waals surface area contributed by atoms with Crippen LogP contribution in [0.5, 0.6) is 11.5 Å². The SMILES string of the molecule is C=C(C)C(=O)OCC1(COC(=O)C(=C)C)c2ccccc2-c2ccc(N(c3ccc(OC(=O)C(=C)C)c(C(F)(F)F)c3)c3ccc(OC(=O)C(C)C)c(C(F)(F)F)c3)cc21. The van der Waals surface area contributed by atoms with Gasteiger partial charge >= 0.3 is 36.2 Å². The number of ether oxygens (including phenoxy) is 4. The molecule has 0 saturated heterocycles. The molecule has 60 heavy (non-hydrogen) atoms. The Morgan fingerprint density at radius 1 is 0.600 bits per heavy atom. The number of carbonyl (C=O) groups excluding carboxylic acids is 4. The van der Waals surface area contributed by atoms with Crippen LogP contribution in [-0.2, 0) is 46.4 Å². The summed E-state index contributed by atoms with van der Waals surface area (Å²) in [7, 11) is 0. The van der Waals surface area contributed by atoms with Crippen molar-refractivity contribution in [3.63, 3.8) is 0 Å². The van der Waals surface area contributed by atoms with E-state index in [4.69, 9.17) is 18.9 Å². The lowest BCUT2D eigenvalue weighted by atomic mass is 9.79. The van der Waals surface area contributed by atoms with Crippen molar-refractivity contribution in [3.05, 3.63) is 138 Å². The van der Waals surface area contributed by atoms with E-state index in [-0.39, 0.29) is 33.8 Å². The first-order valence-corrected chi connectivity index (χ1v) is 18.2. The van der Waals surface area contributed by atoms with Crippen LogP contribution in [0.1, 0.15) is 56.9 Å². The molecule has 4 aromatic carbocycles. The first kappa shape index (κ1) is 44.5. The number of hydrogen-bond donors (Lipinski definition) is 0. The van der Waals surface area contributed by atoms with Gasteiger partial charge in [-0.2, -0.15) is 26.3 Å². The van der Waals surface area contributed by atoms with Crippen molar-refractivity contribution >= 4 is 40.9 Å². The van der Waals surface area contributed by atoms with Crippen LogP contribution in [0.4, 0.5) is 43.4 Å². The summed E-state index contributed by atoms with van der Waals surface area (Å²) in [6.45, 7) is 16.7. The average molecular weight is 836 g/mol. The fourth-order valence-corrected chi connectivity index (χ4v) is 6.35. The van der Waals surface area contributed by atoms with Gasteiger partial charge in [0.15, 0.2) is 0 Å². The van der Waals surface area contributed by atoms with E-state index in [9.17, 15) is 45.5 Å². The highest BCUT2D eigenvalue weighted by molar-refractivity contribution is 5.91. The Kier molecular flexibility index (Phi) is 12.5. The van der Waals surface area contributed by atoms with Crippen molar-refractivity contribution in [1.29, 1.82) is 0 Å². The van der Waals surface area contributed by atoms with E-state index in [0.717, 1.165) is 29.2 Å². The second-order valence-corrected chi connectivity index (χ2v) is 14.5. The molecule has 9 nitrogen and oxygen atoms in total. The third-order valence-corrected chi connectivity index (χ3v) is 9.39. The Labute approximate surface area is 341 Å². The zero-order chi connectivity index (χ0) is 44.5. The van der Waals surface area contributed by atoms with Gasteiger partial charge in [0.2, 0.25) is 0 Å². The van der Waals surface area contributed by atoms with E-state index in [0.29, 0.717) is 34.4 Å². The van der Waals surface area contributed by atoms with Crippen LogP contribution in [0.3, 0.4) is 0 Å². The minimum atomic E-state index is -5.15. The number of alkyl halides is 6. The number of esters is 4. The maximum Gasteiger partial charge on any atom is 0.420 e. The Morgan fingerprint density at radius 2 is 1.03 bits per heavy atom. The molecule has 0 fully saturated rings. The van der Waals surface area contributed by atoms with Crippen LogP contribution in [0, 0.1) is 5.92 Å². The molecule has 314 valence electrons. The molecule has 0 radical (unpaired) electrons. The fraction of sp³-hybridized carbons (Fsp3) is 0.244. The lowest BCUT2D eigenvalue weighted by molar-refractivity contribution is -0.145. The Bertz CT molecular complexity index is 2400. The number of anilines is 3. The summed E-state index contributed by atoms with van der Waals surface area (Å²) in [6, 6.07) is 16.6. The summed E-state index contributed by atoms with van der Waals surface area (Å²) in [5.74, 6) is -6.22. The zero-order valence-corrected chi connectivity index (χ0v) is 33.1. The summed E-state index contributed by atoms with van der Waals surface area (Å²) in [6.07, 6.45) is -10.3. The largest absolute Gasteiger partial charge is 0.461 e. The van der Waals surface area contributed by atoms with Crippen LogP contribution >= 0.6 is 0 Å². The van der Waals surface area contributed by atoms with Crippen molar-refractivity contribution in [3.8, 4) is 22.6 Å². The van der Waals surface area contributed by atoms with Crippen molar-refractivity contribution in [2.24, 2.45) is 5.92 Å². The summed E-state index contributed by atoms with van der Waals surface area (Å²) in [5.41, 5.74) is -3.12. The third kappa shape index (κ3) is 9.14. The highest BCUT2D eigenvalue weighted by Crippen LogP contribution is 2.52. The molecule has 0 atom stereocenters. The molecule has 0 heterocycles. The molecule has 0 spiro atoms. The van der Waals surface area contributed by atoms with Crippen LogP contribution in [0.2, 0.25) is 0 Å². The highest BCUT2D eigenvalue weighted by Gasteiger charge is 2.47. The molecular weight excluding hydrogens is 796 g/mol. The summed E-state index contributed by atoms with van der Waals surface area (Å²) < 4.78 is 110. The van der Waals surface area contributed by atoms with Crippen molar-refractivity contribution in [1.82, 2.24) is 0 Å². The van der Waals surface area contributed by atoms with Crippen LogP contribution in [0.15, 0.2) is 115 Å². The molecule has 15 heteroatoms. The van der Waals surface area contributed by atoms with Gasteiger partial charge < -0.3 is 23.8 Å². The summed E-state index contributed by atoms with van der Waals surface area (Å²) >= 11 is 0. The molecule has 1 aliphatic carbocycles. The molecule has 4 aromatic rings. The van der Waals surface area contributed by atoms with Gasteiger partial charge in [0.25, 0.3) is 0 Å². The number of rotatable bonds is 13. The van der Waals surface area contributed by atoms with Gasteiger partial charge in [0.1, 0.15) is 35.8 Å². The molecule has 0 aromatic heterocycles. The number of halogens is 6. The second-order valence-electron chi connectivity index (χ2n) is 14.5. The highest BCUT2D eigenvalue weighted by atomic mass is 19.4. The number of nitrogens with zero attached hydrogens (tertiary/aromatic N) is 1. The summed E-state index contributed by atoms with van der Waals surface area (Å²) in [5, 5.41) is 0. The quantitative estimate of drug-likeness (QED) is 0.0563. The summed E-state index contributed by atoms with van der Waals surface area (Å²) in [4.78, 5) is 51.6. The van der Waals surface area contributed by atoms with Crippen LogP contribution in [0.25, 0.3) is 11.1 Å². The lowest BCUT2D eigenvalue weighted by Crippen LogP contribution is -2.38. The molecule has 0 bridgehead atoms. The van der Waals surface area contributed by atoms with E-state index in [1.54, 1.807) is 30.3 Å². The Morgan fingerprint density at radius 3 is 1.50 bits per heavy atom. The molecular formula is C45H39F6NO8. The van der Waals surface area contributed by atoms with E-state index in [1.807, 2.05) is 0 Å². The first-order chi connectivity index (χ1) is 28.0. The normalized spacial score (nSPS) is 12.8. The Hall–Kier alpha value is -6.64. The van der Waals surface area contributed by atoms with E-state index >= 15 is 0 Å². The van der Waals surface area contributed by atoms with Crippen LogP contribution in [-0.4, -0.2) is 37.1 Å². The van der Waals surface area contributed by atoms with Crippen molar-refractivity contribution in [2.45, 2.75) is 52.4 Å². The average Bonchev–Trinajstić information content (AvgIpc) is 3.44. The maximum absolute atomic E-state index is 14.7. The van der Waals surface area contributed by atoms with Crippen LogP contribution < -0.4 is 14.4 Å². The monoisotopic (exact) mass is 835 g/mol. The standard InChI is InChI=1S/C45H39F6NO8/c1-24(2)39(53)57-22-43(23-58-40(54)25(3)4)33-12-10-9-11-31(33)32-16-13-28(19-34(32)43)52(29-14-17-37(59-41(55)26(5)6)35(20-29)44(46,47)48)30-15-18-38(60-42(56)27(7)8)36(21-30)45(49,50)51/h9-21,27H,1,3,5,22-23H2,2,4,6-8H3. The molecule has 0 saturated carbocycles. The lowest BCUT2D eigenvalue weighted by Gasteiger charge is -2.33. The van der Waals surface area contributed by atoms with E-state index in [1.165, 1.54) is 46.8 Å². The second kappa shape index (κ2) is 16.9. The van der Waals surface area contributed by atoms with Gasteiger partial charge in [-0.05, 0) is 91.6 Å². The van der Waals surface area contributed by atoms with Gasteiger partial charge in [-0.1, -0.05) is 63.9 Å². The molecule has 5 rings (SSSR count). The topological polar surface area (TPSA) is 108 Å². The smallest absolute Gasteiger partial charge is 0.420 e. The minimum absolute atomic E-state index is 0.0109. The molecule has 0 amide bonds. The van der Waals surface area contributed by atoms with Gasteiger partial charge in [0, 0.05) is 33.8 Å². The van der Waals surface area contributed by atoms with Crippen molar-refractivity contribution < 1.29 is 64.5 Å². The maximum atomic E-state index is 14.7. The third-order valence-electron chi connectivity index (χ3n) is 9.39.